The van der Waals surface area contributed by atoms with Crippen molar-refractivity contribution in [1.82, 2.24) is 4.98 Å². The highest BCUT2D eigenvalue weighted by Crippen LogP contribution is 2.34. The Bertz CT molecular complexity index is 649. The standard InChI is InChI=1S/C14H16N2O3/c1-9-3-4-11-10(7-9)15-13(19-11)16-6-5-14(2,8-16)12(17)18/h3-4,7H,5-6,8H2,1-2H3,(H,17,18). The van der Waals surface area contributed by atoms with E-state index in [0.717, 1.165) is 16.7 Å². The third kappa shape index (κ3) is 1.95. The quantitative estimate of drug-likeness (QED) is 0.898. The molecule has 1 atom stereocenters. The van der Waals surface area contributed by atoms with E-state index in [9.17, 15) is 9.90 Å². The van der Waals surface area contributed by atoms with E-state index in [-0.39, 0.29) is 0 Å². The molecule has 100 valence electrons. The summed E-state index contributed by atoms with van der Waals surface area (Å²) in [4.78, 5) is 17.6. The van der Waals surface area contributed by atoms with Crippen LogP contribution in [0.15, 0.2) is 22.6 Å². The van der Waals surface area contributed by atoms with Gasteiger partial charge in [-0.3, -0.25) is 4.79 Å². The average molecular weight is 260 g/mol. The lowest BCUT2D eigenvalue weighted by Gasteiger charge is -2.18. The highest BCUT2D eigenvalue weighted by Gasteiger charge is 2.41. The first-order chi connectivity index (χ1) is 8.98. The van der Waals surface area contributed by atoms with Crippen molar-refractivity contribution in [3.8, 4) is 0 Å². The van der Waals surface area contributed by atoms with Gasteiger partial charge >= 0.3 is 5.97 Å². The number of carboxylic acid groups (broad SMARTS) is 1. The van der Waals surface area contributed by atoms with Gasteiger partial charge in [0.15, 0.2) is 5.58 Å². The first-order valence-electron chi connectivity index (χ1n) is 6.33. The summed E-state index contributed by atoms with van der Waals surface area (Å²) in [6.07, 6.45) is 0.611. The Kier molecular flexibility index (Phi) is 2.52. The maximum atomic E-state index is 11.2. The summed E-state index contributed by atoms with van der Waals surface area (Å²) in [5, 5.41) is 9.24. The summed E-state index contributed by atoms with van der Waals surface area (Å²) in [6.45, 7) is 4.87. The van der Waals surface area contributed by atoms with Crippen LogP contribution in [0.1, 0.15) is 18.9 Å². The summed E-state index contributed by atoms with van der Waals surface area (Å²) in [5.41, 5.74) is 1.98. The lowest BCUT2D eigenvalue weighted by Crippen LogP contribution is -2.31. The first kappa shape index (κ1) is 12.0. The predicted molar refractivity (Wildman–Crippen MR) is 71.3 cm³/mol. The predicted octanol–water partition coefficient (Wildman–Crippen LogP) is 2.44. The largest absolute Gasteiger partial charge is 0.481 e. The Morgan fingerprint density at radius 1 is 1.53 bits per heavy atom. The number of hydrogen-bond donors (Lipinski definition) is 1. The number of aromatic nitrogens is 1. The Morgan fingerprint density at radius 2 is 2.32 bits per heavy atom. The molecule has 0 aliphatic carbocycles. The number of carboxylic acids is 1. The normalized spacial score (nSPS) is 23.2. The number of carbonyl (C=O) groups is 1. The average Bonchev–Trinajstić information content (AvgIpc) is 2.93. The van der Waals surface area contributed by atoms with E-state index in [2.05, 4.69) is 4.98 Å². The van der Waals surface area contributed by atoms with Crippen molar-refractivity contribution in [1.29, 1.82) is 0 Å². The lowest BCUT2D eigenvalue weighted by molar-refractivity contribution is -0.146. The Balaban J connectivity index is 1.92. The van der Waals surface area contributed by atoms with Gasteiger partial charge in [-0.05, 0) is 38.0 Å². The Hall–Kier alpha value is -2.04. The van der Waals surface area contributed by atoms with Crippen LogP contribution in [0.2, 0.25) is 0 Å². The van der Waals surface area contributed by atoms with Crippen LogP contribution in [0.3, 0.4) is 0 Å². The molecular weight excluding hydrogens is 244 g/mol. The zero-order valence-corrected chi connectivity index (χ0v) is 11.0. The van der Waals surface area contributed by atoms with Crippen molar-refractivity contribution < 1.29 is 14.3 Å². The molecule has 1 aromatic carbocycles. The van der Waals surface area contributed by atoms with Crippen molar-refractivity contribution in [3.05, 3.63) is 23.8 Å². The van der Waals surface area contributed by atoms with Crippen molar-refractivity contribution in [3.63, 3.8) is 0 Å². The Labute approximate surface area is 110 Å². The number of nitrogens with zero attached hydrogens (tertiary/aromatic N) is 2. The molecule has 0 bridgehead atoms. The molecule has 1 aliphatic rings. The maximum absolute atomic E-state index is 11.2. The van der Waals surface area contributed by atoms with Gasteiger partial charge in [0.05, 0.1) is 5.41 Å². The van der Waals surface area contributed by atoms with E-state index in [1.54, 1.807) is 6.92 Å². The summed E-state index contributed by atoms with van der Waals surface area (Å²) in [5.74, 6) is -0.762. The molecule has 1 aliphatic heterocycles. The molecule has 2 aromatic rings. The lowest BCUT2D eigenvalue weighted by atomic mass is 9.90. The summed E-state index contributed by atoms with van der Waals surface area (Å²) >= 11 is 0. The number of aryl methyl sites for hydroxylation is 1. The van der Waals surface area contributed by atoms with E-state index in [1.807, 2.05) is 30.0 Å². The van der Waals surface area contributed by atoms with Crippen LogP contribution in [-0.2, 0) is 4.79 Å². The summed E-state index contributed by atoms with van der Waals surface area (Å²) in [6, 6.07) is 6.36. The molecule has 1 unspecified atom stereocenters. The fraction of sp³-hybridized carbons (Fsp3) is 0.429. The number of aliphatic carboxylic acids is 1. The van der Waals surface area contributed by atoms with Crippen LogP contribution >= 0.6 is 0 Å². The number of benzene rings is 1. The minimum Gasteiger partial charge on any atom is -0.481 e. The van der Waals surface area contributed by atoms with E-state index in [0.29, 0.717) is 25.5 Å². The first-order valence-corrected chi connectivity index (χ1v) is 6.33. The number of anilines is 1. The SMILES string of the molecule is Cc1ccc2oc(N3CCC(C)(C(=O)O)C3)nc2c1. The third-order valence-corrected chi connectivity index (χ3v) is 3.79. The van der Waals surface area contributed by atoms with Gasteiger partial charge in [0, 0.05) is 13.1 Å². The second-order valence-corrected chi connectivity index (χ2v) is 5.50. The van der Waals surface area contributed by atoms with E-state index >= 15 is 0 Å². The minimum absolute atomic E-state index is 0.439. The molecule has 0 spiro atoms. The van der Waals surface area contributed by atoms with Crippen LogP contribution in [0.25, 0.3) is 11.1 Å². The molecular formula is C14H16N2O3. The highest BCUT2D eigenvalue weighted by atomic mass is 16.4. The molecule has 0 saturated carbocycles. The minimum atomic E-state index is -0.762. The summed E-state index contributed by atoms with van der Waals surface area (Å²) in [7, 11) is 0. The van der Waals surface area contributed by atoms with Crippen molar-refractivity contribution >= 4 is 23.1 Å². The zero-order valence-electron chi connectivity index (χ0n) is 11.0. The van der Waals surface area contributed by atoms with Crippen LogP contribution in [0, 0.1) is 12.3 Å². The molecule has 5 heteroatoms. The fourth-order valence-corrected chi connectivity index (χ4v) is 2.46. The molecule has 1 fully saturated rings. The van der Waals surface area contributed by atoms with Gasteiger partial charge in [-0.15, -0.1) is 0 Å². The highest BCUT2D eigenvalue weighted by molar-refractivity contribution is 5.77. The van der Waals surface area contributed by atoms with Crippen LogP contribution in [0.4, 0.5) is 6.01 Å². The third-order valence-electron chi connectivity index (χ3n) is 3.79. The smallest absolute Gasteiger partial charge is 0.311 e. The van der Waals surface area contributed by atoms with Gasteiger partial charge in [0.2, 0.25) is 0 Å². The molecule has 3 rings (SSSR count). The van der Waals surface area contributed by atoms with Crippen LogP contribution in [0.5, 0.6) is 0 Å². The molecule has 19 heavy (non-hydrogen) atoms. The number of oxazole rings is 1. The molecule has 1 saturated heterocycles. The topological polar surface area (TPSA) is 66.6 Å². The van der Waals surface area contributed by atoms with Crippen molar-refractivity contribution in [2.75, 3.05) is 18.0 Å². The number of rotatable bonds is 2. The summed E-state index contributed by atoms with van der Waals surface area (Å²) < 4.78 is 5.70. The molecule has 2 heterocycles. The van der Waals surface area contributed by atoms with Gasteiger partial charge < -0.3 is 14.4 Å². The van der Waals surface area contributed by atoms with Gasteiger partial charge in [-0.1, -0.05) is 6.07 Å². The maximum Gasteiger partial charge on any atom is 0.311 e. The second-order valence-electron chi connectivity index (χ2n) is 5.50. The van der Waals surface area contributed by atoms with Gasteiger partial charge in [-0.2, -0.15) is 4.98 Å². The zero-order chi connectivity index (χ0) is 13.6. The fourth-order valence-electron chi connectivity index (χ4n) is 2.46. The van der Waals surface area contributed by atoms with Crippen LogP contribution < -0.4 is 4.90 Å². The van der Waals surface area contributed by atoms with Crippen molar-refractivity contribution in [2.24, 2.45) is 5.41 Å². The number of hydrogen-bond acceptors (Lipinski definition) is 4. The van der Waals surface area contributed by atoms with E-state index in [4.69, 9.17) is 4.42 Å². The molecule has 1 aromatic heterocycles. The Morgan fingerprint density at radius 3 is 3.00 bits per heavy atom. The van der Waals surface area contributed by atoms with E-state index < -0.39 is 11.4 Å². The van der Waals surface area contributed by atoms with Gasteiger partial charge in [0.25, 0.3) is 6.01 Å². The van der Waals surface area contributed by atoms with Gasteiger partial charge in [-0.25, -0.2) is 0 Å². The van der Waals surface area contributed by atoms with E-state index in [1.165, 1.54) is 0 Å². The van der Waals surface area contributed by atoms with Crippen LogP contribution in [-0.4, -0.2) is 29.1 Å². The monoisotopic (exact) mass is 260 g/mol. The molecule has 0 amide bonds. The second kappa shape index (κ2) is 3.98. The molecule has 5 nitrogen and oxygen atoms in total. The molecule has 0 radical (unpaired) electrons. The van der Waals surface area contributed by atoms with Gasteiger partial charge in [0.1, 0.15) is 5.52 Å². The molecule has 1 N–H and O–H groups in total. The number of fused-ring (bicyclic) bond motifs is 1. The van der Waals surface area contributed by atoms with Crippen molar-refractivity contribution in [2.45, 2.75) is 20.3 Å².